The molecule has 0 aliphatic carbocycles. The minimum atomic E-state index is -0.941. The minimum Gasteiger partial charge on any atom is -0.480 e. The van der Waals surface area contributed by atoms with Gasteiger partial charge in [-0.15, -0.1) is 0 Å². The van der Waals surface area contributed by atoms with Crippen LogP contribution in [0.5, 0.6) is 0 Å². The van der Waals surface area contributed by atoms with Gasteiger partial charge in [0.2, 0.25) is 5.91 Å². The van der Waals surface area contributed by atoms with Gasteiger partial charge in [0.15, 0.2) is 0 Å². The van der Waals surface area contributed by atoms with Crippen molar-refractivity contribution in [2.24, 2.45) is 0 Å². The largest absolute Gasteiger partial charge is 0.480 e. The molecule has 0 aromatic heterocycles. The van der Waals surface area contributed by atoms with Gasteiger partial charge in [-0.3, -0.25) is 9.59 Å². The molecule has 0 fully saturated rings. The first-order valence-corrected chi connectivity index (χ1v) is 7.76. The summed E-state index contributed by atoms with van der Waals surface area (Å²) in [5.41, 5.74) is 0. The Balaban J connectivity index is 4.04. The van der Waals surface area contributed by atoms with Gasteiger partial charge in [-0.2, -0.15) is 0 Å². The first kappa shape index (κ1) is 18.7. The first-order chi connectivity index (χ1) is 9.61. The molecule has 4 nitrogen and oxygen atoms in total. The molecule has 20 heavy (non-hydrogen) atoms. The number of hydrogen-bond acceptors (Lipinski definition) is 2. The lowest BCUT2D eigenvalue weighted by Gasteiger charge is -2.20. The zero-order valence-corrected chi connectivity index (χ0v) is 12.9. The van der Waals surface area contributed by atoms with Crippen LogP contribution in [-0.4, -0.2) is 35.0 Å². The van der Waals surface area contributed by atoms with E-state index in [1.807, 2.05) is 19.1 Å². The number of rotatable bonds is 12. The summed E-state index contributed by atoms with van der Waals surface area (Å²) in [4.78, 5) is 24.2. The number of carbonyl (C=O) groups is 2. The van der Waals surface area contributed by atoms with Crippen molar-refractivity contribution in [2.45, 2.75) is 65.2 Å². The van der Waals surface area contributed by atoms with Crippen LogP contribution in [-0.2, 0) is 9.59 Å². The number of carboxylic acid groups (broad SMARTS) is 1. The molecular formula is C16H29NO3. The van der Waals surface area contributed by atoms with E-state index in [0.29, 0.717) is 13.0 Å². The summed E-state index contributed by atoms with van der Waals surface area (Å²) >= 11 is 0. The van der Waals surface area contributed by atoms with Gasteiger partial charge in [0.1, 0.15) is 6.54 Å². The Hall–Kier alpha value is -1.32. The highest BCUT2D eigenvalue weighted by molar-refractivity contribution is 5.82. The lowest BCUT2D eigenvalue weighted by atomic mass is 10.1. The van der Waals surface area contributed by atoms with Crippen LogP contribution in [0, 0.1) is 0 Å². The molecule has 0 aromatic rings. The molecular weight excluding hydrogens is 254 g/mol. The van der Waals surface area contributed by atoms with E-state index in [1.54, 1.807) is 0 Å². The smallest absolute Gasteiger partial charge is 0.323 e. The molecule has 0 rings (SSSR count). The predicted molar refractivity (Wildman–Crippen MR) is 81.6 cm³/mol. The number of amides is 1. The highest BCUT2D eigenvalue weighted by Crippen LogP contribution is 2.07. The maximum absolute atomic E-state index is 11.9. The fourth-order valence-corrected chi connectivity index (χ4v) is 2.02. The van der Waals surface area contributed by atoms with Gasteiger partial charge in [-0.1, -0.05) is 58.1 Å². The van der Waals surface area contributed by atoms with Gasteiger partial charge in [-0.25, -0.2) is 0 Å². The maximum Gasteiger partial charge on any atom is 0.323 e. The van der Waals surface area contributed by atoms with E-state index in [0.717, 1.165) is 19.3 Å². The first-order valence-electron chi connectivity index (χ1n) is 7.76. The molecule has 0 heterocycles. The monoisotopic (exact) mass is 283 g/mol. The van der Waals surface area contributed by atoms with Crippen molar-refractivity contribution < 1.29 is 14.7 Å². The Labute approximate surface area is 122 Å². The van der Waals surface area contributed by atoms with Crippen LogP contribution in [0.15, 0.2) is 12.2 Å². The molecule has 0 spiro atoms. The zero-order chi connectivity index (χ0) is 15.2. The van der Waals surface area contributed by atoms with Crippen molar-refractivity contribution in [2.75, 3.05) is 13.1 Å². The molecule has 0 aliphatic heterocycles. The normalized spacial score (nSPS) is 10.9. The van der Waals surface area contributed by atoms with E-state index in [9.17, 15) is 9.59 Å². The quantitative estimate of drug-likeness (QED) is 0.439. The summed E-state index contributed by atoms with van der Waals surface area (Å²) < 4.78 is 0. The van der Waals surface area contributed by atoms with E-state index in [-0.39, 0.29) is 12.5 Å². The molecule has 0 radical (unpaired) electrons. The lowest BCUT2D eigenvalue weighted by molar-refractivity contribution is -0.144. The highest BCUT2D eigenvalue weighted by atomic mass is 16.4. The van der Waals surface area contributed by atoms with Gasteiger partial charge in [0, 0.05) is 13.0 Å². The molecule has 1 N–H and O–H groups in total. The Morgan fingerprint density at radius 1 is 1.00 bits per heavy atom. The lowest BCUT2D eigenvalue weighted by Crippen LogP contribution is -2.36. The van der Waals surface area contributed by atoms with Gasteiger partial charge >= 0.3 is 5.97 Å². The minimum absolute atomic E-state index is 0.0920. The molecule has 0 saturated heterocycles. The summed E-state index contributed by atoms with van der Waals surface area (Å²) in [6.45, 7) is 4.55. The number of aliphatic carboxylic acids is 1. The van der Waals surface area contributed by atoms with Crippen LogP contribution >= 0.6 is 0 Å². The van der Waals surface area contributed by atoms with Gasteiger partial charge in [-0.05, 0) is 12.8 Å². The second kappa shape index (κ2) is 12.7. The molecule has 0 saturated carbocycles. The molecule has 0 aliphatic rings. The van der Waals surface area contributed by atoms with Gasteiger partial charge < -0.3 is 10.0 Å². The second-order valence-electron chi connectivity index (χ2n) is 5.06. The van der Waals surface area contributed by atoms with Crippen LogP contribution in [0.1, 0.15) is 65.2 Å². The molecule has 0 bridgehead atoms. The second-order valence-corrected chi connectivity index (χ2v) is 5.06. The average Bonchev–Trinajstić information content (AvgIpc) is 2.41. The van der Waals surface area contributed by atoms with E-state index >= 15 is 0 Å². The van der Waals surface area contributed by atoms with E-state index < -0.39 is 5.97 Å². The van der Waals surface area contributed by atoms with Crippen LogP contribution < -0.4 is 0 Å². The molecule has 0 atom stereocenters. The van der Waals surface area contributed by atoms with Gasteiger partial charge in [0.25, 0.3) is 0 Å². The topological polar surface area (TPSA) is 57.6 Å². The van der Waals surface area contributed by atoms with Crippen LogP contribution in [0.2, 0.25) is 0 Å². The number of allylic oxidation sites excluding steroid dienone is 1. The van der Waals surface area contributed by atoms with Crippen LogP contribution in [0.25, 0.3) is 0 Å². The Bertz CT molecular complexity index is 300. The van der Waals surface area contributed by atoms with Crippen molar-refractivity contribution in [3.05, 3.63) is 12.2 Å². The standard InChI is InChI=1S/C16H29NO3/c1-3-5-7-8-9-11-13-17(14-16(19)20)15(18)12-10-6-4-2/h6,10H,3-5,7-9,11-14H2,1-2H3,(H,19,20)/b10-6+. The van der Waals surface area contributed by atoms with E-state index in [1.165, 1.54) is 30.6 Å². The summed E-state index contributed by atoms with van der Waals surface area (Å²) in [5, 5.41) is 8.87. The van der Waals surface area contributed by atoms with Crippen molar-refractivity contribution in [3.8, 4) is 0 Å². The number of unbranched alkanes of at least 4 members (excludes halogenated alkanes) is 5. The average molecular weight is 283 g/mol. The maximum atomic E-state index is 11.9. The number of hydrogen-bond donors (Lipinski definition) is 1. The SMILES string of the molecule is CC/C=C/CC(=O)N(CCCCCCCC)CC(=O)O. The fourth-order valence-electron chi connectivity index (χ4n) is 2.02. The Kier molecular flexibility index (Phi) is 11.9. The summed E-state index contributed by atoms with van der Waals surface area (Å²) in [6, 6.07) is 0. The Morgan fingerprint density at radius 3 is 2.25 bits per heavy atom. The van der Waals surface area contributed by atoms with E-state index in [4.69, 9.17) is 5.11 Å². The van der Waals surface area contributed by atoms with Crippen LogP contribution in [0.3, 0.4) is 0 Å². The molecule has 1 amide bonds. The fraction of sp³-hybridized carbons (Fsp3) is 0.750. The van der Waals surface area contributed by atoms with Crippen LogP contribution in [0.4, 0.5) is 0 Å². The summed E-state index contributed by atoms with van der Waals surface area (Å²) in [5.74, 6) is -1.03. The molecule has 0 unspecified atom stereocenters. The zero-order valence-electron chi connectivity index (χ0n) is 12.9. The third-order valence-electron chi connectivity index (χ3n) is 3.16. The molecule has 116 valence electrons. The number of carboxylic acids is 1. The van der Waals surface area contributed by atoms with Crippen molar-refractivity contribution in [3.63, 3.8) is 0 Å². The summed E-state index contributed by atoms with van der Waals surface area (Å²) in [7, 11) is 0. The molecule has 4 heteroatoms. The summed E-state index contributed by atoms with van der Waals surface area (Å²) in [6.07, 6.45) is 11.8. The Morgan fingerprint density at radius 2 is 1.65 bits per heavy atom. The highest BCUT2D eigenvalue weighted by Gasteiger charge is 2.14. The van der Waals surface area contributed by atoms with E-state index in [2.05, 4.69) is 6.92 Å². The molecule has 0 aromatic carbocycles. The predicted octanol–water partition coefficient (Wildman–Crippen LogP) is 3.62. The number of carbonyl (C=O) groups excluding carboxylic acids is 1. The van der Waals surface area contributed by atoms with Crippen molar-refractivity contribution in [1.82, 2.24) is 4.90 Å². The number of nitrogens with zero attached hydrogens (tertiary/aromatic N) is 1. The third-order valence-corrected chi connectivity index (χ3v) is 3.16. The third kappa shape index (κ3) is 10.6. The van der Waals surface area contributed by atoms with Crippen molar-refractivity contribution in [1.29, 1.82) is 0 Å². The van der Waals surface area contributed by atoms with Gasteiger partial charge in [0.05, 0.1) is 0 Å². The van der Waals surface area contributed by atoms with Crippen molar-refractivity contribution >= 4 is 11.9 Å².